The number of aromatic carboxylic acids is 1. The predicted molar refractivity (Wildman–Crippen MR) is 77.3 cm³/mol. The minimum Gasteiger partial charge on any atom is -0.478 e. The summed E-state index contributed by atoms with van der Waals surface area (Å²) in [7, 11) is 0. The average molecular weight is 276 g/mol. The Morgan fingerprint density at radius 3 is 3.10 bits per heavy atom. The van der Waals surface area contributed by atoms with Gasteiger partial charge >= 0.3 is 5.97 Å². The number of nitrogens with one attached hydrogen (secondary N) is 1. The molecule has 5 heteroatoms. The van der Waals surface area contributed by atoms with Gasteiger partial charge in [-0.2, -0.15) is 0 Å². The highest BCUT2D eigenvalue weighted by molar-refractivity contribution is 5.93. The van der Waals surface area contributed by atoms with E-state index in [1.165, 1.54) is 0 Å². The molecule has 5 nitrogen and oxygen atoms in total. The lowest BCUT2D eigenvalue weighted by atomic mass is 10.1. The smallest absolute Gasteiger partial charge is 0.339 e. The molecule has 0 atom stereocenters. The first-order valence-corrected chi connectivity index (χ1v) is 6.91. The Kier molecular flexibility index (Phi) is 5.12. The molecule has 0 aliphatic heterocycles. The highest BCUT2D eigenvalue weighted by Crippen LogP contribution is 2.25. The van der Waals surface area contributed by atoms with E-state index in [4.69, 9.17) is 4.74 Å². The maximum absolute atomic E-state index is 11.3. The molecular formula is C15H20N2O3. The maximum atomic E-state index is 11.3. The molecule has 0 fully saturated rings. The number of ether oxygens (including phenoxy) is 1. The SMILES string of the molecule is C=CCCOCCNc1nc2c(cc1C(=O)O)CCC2. The van der Waals surface area contributed by atoms with Gasteiger partial charge in [-0.25, -0.2) is 9.78 Å². The first-order chi connectivity index (χ1) is 9.72. The summed E-state index contributed by atoms with van der Waals surface area (Å²) in [4.78, 5) is 15.7. The first-order valence-electron chi connectivity index (χ1n) is 6.91. The quantitative estimate of drug-likeness (QED) is 0.563. The number of nitrogens with zero attached hydrogens (tertiary/aromatic N) is 1. The summed E-state index contributed by atoms with van der Waals surface area (Å²) >= 11 is 0. The number of fused-ring (bicyclic) bond motifs is 1. The predicted octanol–water partition coefficient (Wildman–Crippen LogP) is 2.27. The van der Waals surface area contributed by atoms with Gasteiger partial charge in [-0.15, -0.1) is 6.58 Å². The van der Waals surface area contributed by atoms with Crippen LogP contribution in [0.2, 0.25) is 0 Å². The lowest BCUT2D eigenvalue weighted by Gasteiger charge is -2.11. The van der Waals surface area contributed by atoms with Crippen LogP contribution < -0.4 is 5.32 Å². The molecule has 20 heavy (non-hydrogen) atoms. The third-order valence-electron chi connectivity index (χ3n) is 3.29. The van der Waals surface area contributed by atoms with Crippen molar-refractivity contribution >= 4 is 11.8 Å². The Hall–Kier alpha value is -1.88. The number of pyridine rings is 1. The summed E-state index contributed by atoms with van der Waals surface area (Å²) in [5, 5.41) is 12.3. The molecular weight excluding hydrogens is 256 g/mol. The number of anilines is 1. The molecule has 0 saturated carbocycles. The molecule has 0 unspecified atom stereocenters. The molecule has 1 aromatic rings. The largest absolute Gasteiger partial charge is 0.478 e. The topological polar surface area (TPSA) is 71.5 Å². The van der Waals surface area contributed by atoms with Crippen molar-refractivity contribution < 1.29 is 14.6 Å². The average Bonchev–Trinajstić information content (AvgIpc) is 2.88. The molecule has 1 aliphatic carbocycles. The van der Waals surface area contributed by atoms with E-state index in [-0.39, 0.29) is 5.56 Å². The number of carboxylic acids is 1. The van der Waals surface area contributed by atoms with E-state index < -0.39 is 5.97 Å². The molecule has 1 heterocycles. The van der Waals surface area contributed by atoms with Crippen LogP contribution in [-0.4, -0.2) is 35.8 Å². The number of carboxylic acid groups (broad SMARTS) is 1. The van der Waals surface area contributed by atoms with Crippen LogP contribution in [0, 0.1) is 0 Å². The molecule has 1 aromatic heterocycles. The number of hydrogen-bond donors (Lipinski definition) is 2. The highest BCUT2D eigenvalue weighted by Gasteiger charge is 2.19. The van der Waals surface area contributed by atoms with Gasteiger partial charge in [0.25, 0.3) is 0 Å². The lowest BCUT2D eigenvalue weighted by Crippen LogP contribution is -2.15. The molecule has 0 bridgehead atoms. The van der Waals surface area contributed by atoms with Crippen molar-refractivity contribution in [1.29, 1.82) is 0 Å². The van der Waals surface area contributed by atoms with Gasteiger partial charge in [0.2, 0.25) is 0 Å². The highest BCUT2D eigenvalue weighted by atomic mass is 16.5. The van der Waals surface area contributed by atoms with E-state index in [1.54, 1.807) is 12.1 Å². The van der Waals surface area contributed by atoms with Gasteiger partial charge in [-0.3, -0.25) is 0 Å². The van der Waals surface area contributed by atoms with Gasteiger partial charge in [0.1, 0.15) is 11.4 Å². The van der Waals surface area contributed by atoms with Gasteiger partial charge in [-0.05, 0) is 37.3 Å². The van der Waals surface area contributed by atoms with Crippen LogP contribution in [0.15, 0.2) is 18.7 Å². The molecule has 0 aromatic carbocycles. The minimum absolute atomic E-state index is 0.247. The fraction of sp³-hybridized carbons (Fsp3) is 0.467. The summed E-state index contributed by atoms with van der Waals surface area (Å²) in [5.41, 5.74) is 2.33. The zero-order valence-electron chi connectivity index (χ0n) is 11.5. The Morgan fingerprint density at radius 1 is 1.50 bits per heavy atom. The summed E-state index contributed by atoms with van der Waals surface area (Å²) in [5.74, 6) is -0.493. The standard InChI is InChI=1S/C15H20N2O3/c1-2-3-8-20-9-7-16-14-12(15(18)19)10-11-5-4-6-13(11)17-14/h2,10H,1,3-9H2,(H,16,17)(H,18,19). The molecule has 2 N–H and O–H groups in total. The van der Waals surface area contributed by atoms with Crippen molar-refractivity contribution in [2.45, 2.75) is 25.7 Å². The van der Waals surface area contributed by atoms with Gasteiger partial charge in [-0.1, -0.05) is 6.08 Å². The summed E-state index contributed by atoms with van der Waals surface area (Å²) in [6.07, 6.45) is 5.53. The Balaban J connectivity index is 1.96. The number of aryl methyl sites for hydroxylation is 2. The molecule has 0 saturated heterocycles. The van der Waals surface area contributed by atoms with Crippen molar-refractivity contribution in [2.75, 3.05) is 25.1 Å². The van der Waals surface area contributed by atoms with Crippen LogP contribution in [-0.2, 0) is 17.6 Å². The first kappa shape index (κ1) is 14.5. The molecule has 0 radical (unpaired) electrons. The fourth-order valence-electron chi connectivity index (χ4n) is 2.28. The normalized spacial score (nSPS) is 13.0. The second kappa shape index (κ2) is 7.05. The summed E-state index contributed by atoms with van der Waals surface area (Å²) < 4.78 is 5.38. The van der Waals surface area contributed by atoms with Crippen molar-refractivity contribution in [3.8, 4) is 0 Å². The van der Waals surface area contributed by atoms with Crippen LogP contribution in [0.4, 0.5) is 5.82 Å². The lowest BCUT2D eigenvalue weighted by molar-refractivity contribution is 0.0697. The van der Waals surface area contributed by atoms with Gasteiger partial charge < -0.3 is 15.2 Å². The van der Waals surface area contributed by atoms with Crippen LogP contribution in [0.3, 0.4) is 0 Å². The Labute approximate surface area is 118 Å². The van der Waals surface area contributed by atoms with E-state index in [1.807, 2.05) is 0 Å². The van der Waals surface area contributed by atoms with Gasteiger partial charge in [0.05, 0.1) is 13.2 Å². The van der Waals surface area contributed by atoms with Crippen molar-refractivity contribution in [3.63, 3.8) is 0 Å². The third kappa shape index (κ3) is 3.57. The van der Waals surface area contributed by atoms with Crippen LogP contribution in [0.5, 0.6) is 0 Å². The van der Waals surface area contributed by atoms with E-state index in [0.717, 1.165) is 36.9 Å². The van der Waals surface area contributed by atoms with Gasteiger partial charge in [0, 0.05) is 12.2 Å². The monoisotopic (exact) mass is 276 g/mol. The number of carbonyl (C=O) groups is 1. The number of rotatable bonds is 8. The second-order valence-corrected chi connectivity index (χ2v) is 4.77. The number of hydrogen-bond acceptors (Lipinski definition) is 4. The maximum Gasteiger partial charge on any atom is 0.339 e. The fourth-order valence-corrected chi connectivity index (χ4v) is 2.28. The zero-order chi connectivity index (χ0) is 14.4. The third-order valence-corrected chi connectivity index (χ3v) is 3.29. The molecule has 0 amide bonds. The van der Waals surface area contributed by atoms with E-state index in [0.29, 0.717) is 25.6 Å². The van der Waals surface area contributed by atoms with E-state index in [2.05, 4.69) is 16.9 Å². The zero-order valence-corrected chi connectivity index (χ0v) is 11.5. The van der Waals surface area contributed by atoms with Crippen molar-refractivity contribution in [2.24, 2.45) is 0 Å². The van der Waals surface area contributed by atoms with Crippen LogP contribution in [0.1, 0.15) is 34.5 Å². The van der Waals surface area contributed by atoms with Crippen molar-refractivity contribution in [1.82, 2.24) is 4.98 Å². The minimum atomic E-state index is -0.942. The molecule has 0 spiro atoms. The second-order valence-electron chi connectivity index (χ2n) is 4.77. The summed E-state index contributed by atoms with van der Waals surface area (Å²) in [6.45, 7) is 5.32. The number of aromatic nitrogens is 1. The summed E-state index contributed by atoms with van der Waals surface area (Å²) in [6, 6.07) is 1.75. The molecule has 108 valence electrons. The van der Waals surface area contributed by atoms with Gasteiger partial charge in [0.15, 0.2) is 0 Å². The Bertz CT molecular complexity index is 500. The molecule has 1 aliphatic rings. The van der Waals surface area contributed by atoms with E-state index in [9.17, 15) is 9.90 Å². The van der Waals surface area contributed by atoms with Crippen LogP contribution >= 0.6 is 0 Å². The van der Waals surface area contributed by atoms with E-state index >= 15 is 0 Å². The molecule has 2 rings (SSSR count). The van der Waals surface area contributed by atoms with Crippen LogP contribution in [0.25, 0.3) is 0 Å². The van der Waals surface area contributed by atoms with Crippen molar-refractivity contribution in [3.05, 3.63) is 35.5 Å². The Morgan fingerprint density at radius 2 is 2.35 bits per heavy atom.